The third kappa shape index (κ3) is 4.70. The zero-order valence-electron chi connectivity index (χ0n) is 20.0. The van der Waals surface area contributed by atoms with Crippen molar-refractivity contribution in [3.63, 3.8) is 0 Å². The smallest absolute Gasteiger partial charge is 0.155 e. The number of likely N-dealkylation sites (tertiary alicyclic amines) is 1. The summed E-state index contributed by atoms with van der Waals surface area (Å²) in [6, 6.07) is 8.95. The van der Waals surface area contributed by atoms with E-state index >= 15 is 0 Å². The van der Waals surface area contributed by atoms with Crippen LogP contribution in [0.1, 0.15) is 49.7 Å². The molecular formula is C26H34N6O. The van der Waals surface area contributed by atoms with Crippen LogP contribution in [0, 0.1) is 0 Å². The number of carbonyl (C=O) groups is 1. The highest BCUT2D eigenvalue weighted by Gasteiger charge is 2.23. The molecule has 0 radical (unpaired) electrons. The van der Waals surface area contributed by atoms with Gasteiger partial charge in [0.2, 0.25) is 0 Å². The standard InChI is InChI=1S/C24H27N5O.C2H7N/c1-15(2)22-19-13-17(16-6-9-29(10-7-16)11-12-30)3-4-21(19)27-23(22)18-5-8-25-24-20(18)14-26-28-24;1-3-2/h3-5,8,12-16,27H,6-7,9-11H2,1-2H3,(H,25,26,28);3H,1-2H3. The Morgan fingerprint density at radius 1 is 1.18 bits per heavy atom. The Balaban J connectivity index is 0.000000821. The fourth-order valence-corrected chi connectivity index (χ4v) is 4.92. The van der Waals surface area contributed by atoms with Crippen LogP contribution >= 0.6 is 0 Å². The fourth-order valence-electron chi connectivity index (χ4n) is 4.92. The first-order chi connectivity index (χ1) is 16.1. The van der Waals surface area contributed by atoms with Crippen molar-refractivity contribution in [3.05, 3.63) is 47.8 Å². The lowest BCUT2D eigenvalue weighted by Gasteiger charge is -2.30. The summed E-state index contributed by atoms with van der Waals surface area (Å²) in [7, 11) is 3.75. The number of carbonyl (C=O) groups excluding carboxylic acids is 1. The number of piperidine rings is 1. The molecule has 1 aliphatic heterocycles. The molecule has 0 aliphatic carbocycles. The summed E-state index contributed by atoms with van der Waals surface area (Å²) in [6.45, 7) is 7.05. The summed E-state index contributed by atoms with van der Waals surface area (Å²) < 4.78 is 0. The minimum absolute atomic E-state index is 0.383. The van der Waals surface area contributed by atoms with Gasteiger partial charge in [-0.1, -0.05) is 19.9 Å². The molecule has 3 N–H and O–H groups in total. The fraction of sp³-hybridized carbons (Fsp3) is 0.423. The number of aromatic nitrogens is 4. The molecule has 3 aromatic heterocycles. The lowest BCUT2D eigenvalue weighted by Crippen LogP contribution is -2.34. The molecule has 0 atom stereocenters. The van der Waals surface area contributed by atoms with Crippen LogP contribution in [0.3, 0.4) is 0 Å². The monoisotopic (exact) mass is 446 g/mol. The lowest BCUT2D eigenvalue weighted by atomic mass is 9.87. The molecular weight excluding hydrogens is 412 g/mol. The minimum Gasteiger partial charge on any atom is -0.354 e. The zero-order valence-corrected chi connectivity index (χ0v) is 20.0. The van der Waals surface area contributed by atoms with E-state index in [2.05, 4.69) is 68.5 Å². The average Bonchev–Trinajstić information content (AvgIpc) is 3.44. The number of H-pyrrole nitrogens is 2. The number of hydrogen-bond acceptors (Lipinski definition) is 5. The Labute approximate surface area is 195 Å². The van der Waals surface area contributed by atoms with Gasteiger partial charge in [0.15, 0.2) is 5.65 Å². The zero-order chi connectivity index (χ0) is 23.4. The molecule has 1 saturated heterocycles. The molecule has 33 heavy (non-hydrogen) atoms. The van der Waals surface area contributed by atoms with Crippen LogP contribution in [0.5, 0.6) is 0 Å². The van der Waals surface area contributed by atoms with Gasteiger partial charge in [-0.2, -0.15) is 5.10 Å². The van der Waals surface area contributed by atoms with E-state index in [1.807, 2.05) is 26.5 Å². The first-order valence-corrected chi connectivity index (χ1v) is 11.8. The SMILES string of the molecule is CC(C)c1c(-c2ccnc3[nH]ncc23)[nH]c2ccc(C3CCN(CC=O)CC3)cc12.CNC. The third-order valence-corrected chi connectivity index (χ3v) is 6.46. The highest BCUT2D eigenvalue weighted by molar-refractivity contribution is 5.98. The molecule has 4 heterocycles. The van der Waals surface area contributed by atoms with E-state index in [0.29, 0.717) is 18.4 Å². The molecule has 0 saturated carbocycles. The molecule has 1 aromatic carbocycles. The molecule has 0 unspecified atom stereocenters. The summed E-state index contributed by atoms with van der Waals surface area (Å²) in [6.07, 6.45) is 6.91. The Kier molecular flexibility index (Phi) is 7.20. The highest BCUT2D eigenvalue weighted by Crippen LogP contribution is 2.39. The second-order valence-corrected chi connectivity index (χ2v) is 9.11. The quantitative estimate of drug-likeness (QED) is 0.394. The summed E-state index contributed by atoms with van der Waals surface area (Å²) in [5.41, 5.74) is 7.03. The van der Waals surface area contributed by atoms with Gasteiger partial charge in [0.05, 0.1) is 18.4 Å². The number of rotatable bonds is 5. The number of fused-ring (bicyclic) bond motifs is 2. The van der Waals surface area contributed by atoms with Crippen molar-refractivity contribution >= 4 is 28.2 Å². The highest BCUT2D eigenvalue weighted by atomic mass is 16.1. The van der Waals surface area contributed by atoms with E-state index < -0.39 is 0 Å². The number of hydrogen-bond donors (Lipinski definition) is 3. The van der Waals surface area contributed by atoms with Crippen molar-refractivity contribution in [3.8, 4) is 11.3 Å². The second-order valence-electron chi connectivity index (χ2n) is 9.11. The van der Waals surface area contributed by atoms with Crippen molar-refractivity contribution in [2.75, 3.05) is 33.7 Å². The summed E-state index contributed by atoms with van der Waals surface area (Å²) in [5.74, 6) is 0.936. The largest absolute Gasteiger partial charge is 0.354 e. The predicted molar refractivity (Wildman–Crippen MR) is 135 cm³/mol. The van der Waals surface area contributed by atoms with Gasteiger partial charge in [-0.25, -0.2) is 4.98 Å². The van der Waals surface area contributed by atoms with Gasteiger partial charge in [-0.15, -0.1) is 0 Å². The number of benzene rings is 1. The van der Waals surface area contributed by atoms with Crippen LogP contribution in [0.25, 0.3) is 33.2 Å². The van der Waals surface area contributed by atoms with Crippen molar-refractivity contribution in [1.82, 2.24) is 30.4 Å². The number of nitrogens with zero attached hydrogens (tertiary/aromatic N) is 3. The van der Waals surface area contributed by atoms with Gasteiger partial charge in [-0.05, 0) is 81.2 Å². The summed E-state index contributed by atoms with van der Waals surface area (Å²) >= 11 is 0. The molecule has 4 aromatic rings. The van der Waals surface area contributed by atoms with Crippen molar-refractivity contribution < 1.29 is 4.79 Å². The number of pyridine rings is 1. The summed E-state index contributed by atoms with van der Waals surface area (Å²) in [5, 5.41) is 12.3. The van der Waals surface area contributed by atoms with Crippen LogP contribution in [0.2, 0.25) is 0 Å². The maximum atomic E-state index is 10.8. The molecule has 0 bridgehead atoms. The number of aldehydes is 1. The van der Waals surface area contributed by atoms with Crippen LogP contribution < -0.4 is 5.32 Å². The Morgan fingerprint density at radius 3 is 2.64 bits per heavy atom. The maximum absolute atomic E-state index is 10.8. The molecule has 7 heteroatoms. The Bertz CT molecular complexity index is 1220. The van der Waals surface area contributed by atoms with E-state index in [-0.39, 0.29) is 0 Å². The topological polar surface area (TPSA) is 89.7 Å². The molecule has 1 aliphatic rings. The van der Waals surface area contributed by atoms with Crippen molar-refractivity contribution in [2.24, 2.45) is 0 Å². The molecule has 1 fully saturated rings. The molecule has 5 rings (SSSR count). The van der Waals surface area contributed by atoms with Gasteiger partial charge < -0.3 is 15.1 Å². The predicted octanol–water partition coefficient (Wildman–Crippen LogP) is 4.44. The normalized spacial score (nSPS) is 15.2. The van der Waals surface area contributed by atoms with Gasteiger partial charge in [0, 0.05) is 28.0 Å². The van der Waals surface area contributed by atoms with E-state index in [9.17, 15) is 4.79 Å². The summed E-state index contributed by atoms with van der Waals surface area (Å²) in [4.78, 5) is 21.1. The van der Waals surface area contributed by atoms with Gasteiger partial charge in [-0.3, -0.25) is 10.00 Å². The minimum atomic E-state index is 0.383. The number of nitrogens with one attached hydrogen (secondary N) is 3. The molecule has 174 valence electrons. The average molecular weight is 447 g/mol. The lowest BCUT2D eigenvalue weighted by molar-refractivity contribution is -0.109. The van der Waals surface area contributed by atoms with E-state index in [1.165, 1.54) is 22.0 Å². The molecule has 0 spiro atoms. The van der Waals surface area contributed by atoms with Crippen LogP contribution in [-0.4, -0.2) is 65.1 Å². The molecule has 0 amide bonds. The maximum Gasteiger partial charge on any atom is 0.155 e. The van der Waals surface area contributed by atoms with E-state index in [0.717, 1.165) is 54.5 Å². The second kappa shape index (κ2) is 10.3. The van der Waals surface area contributed by atoms with Crippen LogP contribution in [-0.2, 0) is 4.79 Å². The van der Waals surface area contributed by atoms with Gasteiger partial charge in [0.25, 0.3) is 0 Å². The van der Waals surface area contributed by atoms with Gasteiger partial charge >= 0.3 is 0 Å². The van der Waals surface area contributed by atoms with Crippen LogP contribution in [0.15, 0.2) is 36.7 Å². The van der Waals surface area contributed by atoms with E-state index in [4.69, 9.17) is 0 Å². The molecule has 7 nitrogen and oxygen atoms in total. The van der Waals surface area contributed by atoms with Crippen molar-refractivity contribution in [2.45, 2.75) is 38.5 Å². The van der Waals surface area contributed by atoms with Crippen molar-refractivity contribution in [1.29, 1.82) is 0 Å². The Morgan fingerprint density at radius 2 is 1.94 bits per heavy atom. The van der Waals surface area contributed by atoms with Crippen LogP contribution in [0.4, 0.5) is 0 Å². The van der Waals surface area contributed by atoms with E-state index in [1.54, 1.807) is 0 Å². The van der Waals surface area contributed by atoms with Gasteiger partial charge in [0.1, 0.15) is 6.29 Å². The third-order valence-electron chi connectivity index (χ3n) is 6.46. The number of aromatic amines is 2. The first-order valence-electron chi connectivity index (χ1n) is 11.8. The Hall–Kier alpha value is -3.03. The first kappa shape index (κ1) is 23.1.